The molecule has 5 heteroatoms. The van der Waals surface area contributed by atoms with E-state index in [0.29, 0.717) is 11.5 Å². The third kappa shape index (κ3) is 4.06. The van der Waals surface area contributed by atoms with Gasteiger partial charge in [0.05, 0.1) is 17.3 Å². The van der Waals surface area contributed by atoms with Crippen molar-refractivity contribution in [1.29, 1.82) is 0 Å². The lowest BCUT2D eigenvalue weighted by Crippen LogP contribution is -2.40. The Balaban J connectivity index is 1.91. The maximum absolute atomic E-state index is 12.5. The third-order valence-electron chi connectivity index (χ3n) is 4.10. The zero-order chi connectivity index (χ0) is 15.5. The number of carbonyl (C=O) groups excluding carboxylic acids is 1. The molecule has 1 fully saturated rings. The van der Waals surface area contributed by atoms with Crippen LogP contribution in [-0.4, -0.2) is 46.8 Å². The van der Waals surface area contributed by atoms with Crippen LogP contribution < -0.4 is 5.32 Å². The predicted octanol–water partition coefficient (Wildman–Crippen LogP) is 2.10. The van der Waals surface area contributed by atoms with E-state index in [-0.39, 0.29) is 11.4 Å². The highest BCUT2D eigenvalue weighted by Crippen LogP contribution is 2.19. The summed E-state index contributed by atoms with van der Waals surface area (Å²) in [5.41, 5.74) is 0.618. The molecule has 1 N–H and O–H groups in total. The minimum Gasteiger partial charge on any atom is -0.339 e. The van der Waals surface area contributed by atoms with E-state index in [1.54, 1.807) is 6.20 Å². The molecule has 1 aromatic heterocycles. The second-order valence-electron chi connectivity index (χ2n) is 6.89. The van der Waals surface area contributed by atoms with Gasteiger partial charge in [0.1, 0.15) is 0 Å². The van der Waals surface area contributed by atoms with Crippen molar-refractivity contribution >= 4 is 5.91 Å². The highest BCUT2D eigenvalue weighted by molar-refractivity contribution is 5.93. The lowest BCUT2D eigenvalue weighted by atomic mass is 9.96. The van der Waals surface area contributed by atoms with Crippen LogP contribution in [-0.2, 0) is 5.54 Å². The number of rotatable bonds is 4. The third-order valence-corrected chi connectivity index (χ3v) is 4.10. The van der Waals surface area contributed by atoms with Gasteiger partial charge < -0.3 is 10.2 Å². The molecule has 1 amide bonds. The number of likely N-dealkylation sites (tertiary alicyclic amines) is 1. The van der Waals surface area contributed by atoms with Gasteiger partial charge in [0, 0.05) is 19.3 Å². The van der Waals surface area contributed by atoms with Gasteiger partial charge in [-0.1, -0.05) is 6.92 Å². The second-order valence-corrected chi connectivity index (χ2v) is 6.89. The van der Waals surface area contributed by atoms with Crippen LogP contribution >= 0.6 is 0 Å². The van der Waals surface area contributed by atoms with Gasteiger partial charge in [-0.15, -0.1) is 0 Å². The Hall–Kier alpha value is -1.36. The Morgan fingerprint density at radius 3 is 2.57 bits per heavy atom. The van der Waals surface area contributed by atoms with Crippen LogP contribution in [0.2, 0.25) is 0 Å². The minimum absolute atomic E-state index is 0.0860. The molecule has 2 rings (SSSR count). The van der Waals surface area contributed by atoms with Crippen molar-refractivity contribution in [1.82, 2.24) is 20.0 Å². The van der Waals surface area contributed by atoms with Crippen LogP contribution in [0, 0.1) is 5.92 Å². The lowest BCUT2D eigenvalue weighted by molar-refractivity contribution is 0.0690. The molecule has 5 nitrogen and oxygen atoms in total. The van der Waals surface area contributed by atoms with E-state index in [1.807, 2.05) is 15.8 Å². The number of carbonyl (C=O) groups is 1. The highest BCUT2D eigenvalue weighted by atomic mass is 16.2. The molecule has 1 saturated heterocycles. The second kappa shape index (κ2) is 6.60. The van der Waals surface area contributed by atoms with Gasteiger partial charge in [-0.3, -0.25) is 9.48 Å². The van der Waals surface area contributed by atoms with E-state index in [2.05, 4.69) is 38.1 Å². The SMILES string of the molecule is CCNCC1CCN(C(=O)c2cnn(C(C)(C)C)c2)CC1. The fraction of sp³-hybridized carbons (Fsp3) is 0.750. The van der Waals surface area contributed by atoms with Crippen molar-refractivity contribution in [2.75, 3.05) is 26.2 Å². The Morgan fingerprint density at radius 2 is 2.05 bits per heavy atom. The Morgan fingerprint density at radius 1 is 1.38 bits per heavy atom. The van der Waals surface area contributed by atoms with Gasteiger partial charge in [0.25, 0.3) is 5.91 Å². The van der Waals surface area contributed by atoms with Crippen LogP contribution in [0.5, 0.6) is 0 Å². The van der Waals surface area contributed by atoms with Crippen molar-refractivity contribution in [3.05, 3.63) is 18.0 Å². The molecule has 0 spiro atoms. The van der Waals surface area contributed by atoms with Crippen molar-refractivity contribution in [3.8, 4) is 0 Å². The van der Waals surface area contributed by atoms with E-state index in [1.165, 1.54) is 0 Å². The largest absolute Gasteiger partial charge is 0.339 e. The number of piperidine rings is 1. The number of hydrogen-bond donors (Lipinski definition) is 1. The standard InChI is InChI=1S/C16H28N4O/c1-5-17-10-13-6-8-19(9-7-13)15(21)14-11-18-20(12-14)16(2,3)4/h11-13,17H,5-10H2,1-4H3. The first-order valence-electron chi connectivity index (χ1n) is 7.97. The summed E-state index contributed by atoms with van der Waals surface area (Å²) in [6, 6.07) is 0. The first-order chi connectivity index (χ1) is 9.91. The monoisotopic (exact) mass is 292 g/mol. The number of nitrogens with zero attached hydrogens (tertiary/aromatic N) is 3. The van der Waals surface area contributed by atoms with Gasteiger partial charge in [0.15, 0.2) is 0 Å². The molecule has 0 radical (unpaired) electrons. The number of hydrogen-bond acceptors (Lipinski definition) is 3. The maximum Gasteiger partial charge on any atom is 0.257 e. The van der Waals surface area contributed by atoms with Gasteiger partial charge in [-0.05, 0) is 52.6 Å². The summed E-state index contributed by atoms with van der Waals surface area (Å²) >= 11 is 0. The first-order valence-corrected chi connectivity index (χ1v) is 7.97. The average molecular weight is 292 g/mol. The van der Waals surface area contributed by atoms with Gasteiger partial charge in [-0.2, -0.15) is 5.10 Å². The smallest absolute Gasteiger partial charge is 0.257 e. The average Bonchev–Trinajstić information content (AvgIpc) is 2.95. The zero-order valence-corrected chi connectivity index (χ0v) is 13.7. The quantitative estimate of drug-likeness (QED) is 0.924. The van der Waals surface area contributed by atoms with Gasteiger partial charge in [-0.25, -0.2) is 0 Å². The van der Waals surface area contributed by atoms with Crippen molar-refractivity contribution in [2.24, 2.45) is 5.92 Å². The van der Waals surface area contributed by atoms with E-state index in [0.717, 1.165) is 39.0 Å². The van der Waals surface area contributed by atoms with E-state index in [4.69, 9.17) is 0 Å². The number of amides is 1. The molecular weight excluding hydrogens is 264 g/mol. The number of aromatic nitrogens is 2. The Bertz CT molecular complexity index is 467. The summed E-state index contributed by atoms with van der Waals surface area (Å²) in [5, 5.41) is 7.71. The van der Waals surface area contributed by atoms with Crippen LogP contribution in [0.3, 0.4) is 0 Å². The van der Waals surface area contributed by atoms with Gasteiger partial charge in [0.2, 0.25) is 0 Å². The zero-order valence-electron chi connectivity index (χ0n) is 13.7. The summed E-state index contributed by atoms with van der Waals surface area (Å²) in [4.78, 5) is 14.5. The molecule has 0 saturated carbocycles. The molecule has 1 aliphatic rings. The van der Waals surface area contributed by atoms with E-state index >= 15 is 0 Å². The van der Waals surface area contributed by atoms with Crippen molar-refractivity contribution in [2.45, 2.75) is 46.1 Å². The van der Waals surface area contributed by atoms with E-state index < -0.39 is 0 Å². The Labute approximate surface area is 127 Å². The fourth-order valence-corrected chi connectivity index (χ4v) is 2.67. The molecule has 21 heavy (non-hydrogen) atoms. The summed E-state index contributed by atoms with van der Waals surface area (Å²) in [7, 11) is 0. The molecule has 2 heterocycles. The van der Waals surface area contributed by atoms with Crippen LogP contribution in [0.15, 0.2) is 12.4 Å². The van der Waals surface area contributed by atoms with Crippen LogP contribution in [0.25, 0.3) is 0 Å². The molecule has 0 bridgehead atoms. The van der Waals surface area contributed by atoms with Crippen LogP contribution in [0.4, 0.5) is 0 Å². The van der Waals surface area contributed by atoms with Crippen molar-refractivity contribution in [3.63, 3.8) is 0 Å². The van der Waals surface area contributed by atoms with E-state index in [9.17, 15) is 4.79 Å². The first kappa shape index (κ1) is 16.0. The summed E-state index contributed by atoms with van der Waals surface area (Å²) in [5.74, 6) is 0.818. The van der Waals surface area contributed by atoms with Crippen molar-refractivity contribution < 1.29 is 4.79 Å². The lowest BCUT2D eigenvalue weighted by Gasteiger charge is -2.31. The summed E-state index contributed by atoms with van der Waals surface area (Å²) < 4.78 is 1.86. The Kier molecular flexibility index (Phi) is 5.04. The molecule has 1 aliphatic heterocycles. The molecule has 0 unspecified atom stereocenters. The summed E-state index contributed by atoms with van der Waals surface area (Å²) in [6.07, 6.45) is 5.74. The maximum atomic E-state index is 12.5. The molecule has 1 aromatic rings. The molecule has 118 valence electrons. The number of nitrogens with one attached hydrogen (secondary N) is 1. The van der Waals surface area contributed by atoms with Crippen LogP contribution in [0.1, 0.15) is 50.9 Å². The molecule has 0 aromatic carbocycles. The molecule has 0 aliphatic carbocycles. The highest BCUT2D eigenvalue weighted by Gasteiger charge is 2.25. The normalized spacial score (nSPS) is 17.2. The topological polar surface area (TPSA) is 50.2 Å². The fourth-order valence-electron chi connectivity index (χ4n) is 2.67. The molecular formula is C16H28N4O. The summed E-state index contributed by atoms with van der Waals surface area (Å²) in [6.45, 7) is 12.2. The minimum atomic E-state index is -0.0860. The molecule has 0 atom stereocenters. The van der Waals surface area contributed by atoms with Gasteiger partial charge >= 0.3 is 0 Å². The predicted molar refractivity (Wildman–Crippen MR) is 84.4 cm³/mol.